The summed E-state index contributed by atoms with van der Waals surface area (Å²) >= 11 is 0. The fourth-order valence-corrected chi connectivity index (χ4v) is 5.95. The molecule has 0 unspecified atom stereocenters. The van der Waals surface area contributed by atoms with Crippen LogP contribution in [0.2, 0.25) is 0 Å². The molecule has 2 aliphatic carbocycles. The standard InChI is InChI=1S/C23H34O/c1-17-10-13-21-22(2,3)14-7-15-23(21,4)20(17)12-11-18-8-6-9-19(16-18)24-5/h6,8-9,16,20-21H,1,7,10-15H2,2-5H3/t20-,21-,23+/m0/s1. The van der Waals surface area contributed by atoms with Gasteiger partial charge in [0.25, 0.3) is 0 Å². The maximum absolute atomic E-state index is 5.38. The lowest BCUT2D eigenvalue weighted by atomic mass is 9.47. The molecule has 1 aromatic rings. The Bertz CT molecular complexity index is 600. The maximum Gasteiger partial charge on any atom is 0.119 e. The molecule has 3 rings (SSSR count). The van der Waals surface area contributed by atoms with E-state index in [1.807, 2.05) is 6.07 Å². The smallest absolute Gasteiger partial charge is 0.119 e. The minimum absolute atomic E-state index is 0.440. The van der Waals surface area contributed by atoms with Crippen LogP contribution >= 0.6 is 0 Å². The number of aryl methyl sites for hydroxylation is 1. The van der Waals surface area contributed by atoms with Crippen LogP contribution in [0.15, 0.2) is 36.4 Å². The molecule has 1 nitrogen and oxygen atoms in total. The third-order valence-corrected chi connectivity index (χ3v) is 7.17. The van der Waals surface area contributed by atoms with E-state index >= 15 is 0 Å². The average Bonchev–Trinajstić information content (AvgIpc) is 2.53. The number of methoxy groups -OCH3 is 1. The SMILES string of the molecule is C=C1CC[C@H]2C(C)(C)CCC[C@]2(C)[C@H]1CCc1cccc(OC)c1. The van der Waals surface area contributed by atoms with Gasteiger partial charge in [0.1, 0.15) is 5.75 Å². The molecule has 1 aromatic carbocycles. The Labute approximate surface area is 148 Å². The maximum atomic E-state index is 5.38. The van der Waals surface area contributed by atoms with E-state index in [9.17, 15) is 0 Å². The molecule has 2 aliphatic rings. The Kier molecular flexibility index (Phi) is 4.82. The highest BCUT2D eigenvalue weighted by molar-refractivity contribution is 5.29. The first kappa shape index (κ1) is 17.6. The molecular formula is C23H34O. The van der Waals surface area contributed by atoms with E-state index in [1.54, 1.807) is 7.11 Å². The molecule has 0 aromatic heterocycles. The molecule has 24 heavy (non-hydrogen) atoms. The Morgan fingerprint density at radius 2 is 2.00 bits per heavy atom. The van der Waals surface area contributed by atoms with Gasteiger partial charge in [-0.1, -0.05) is 51.5 Å². The van der Waals surface area contributed by atoms with Gasteiger partial charge in [-0.2, -0.15) is 0 Å². The van der Waals surface area contributed by atoms with Crippen LogP contribution in [-0.2, 0) is 6.42 Å². The van der Waals surface area contributed by atoms with Gasteiger partial charge in [0.2, 0.25) is 0 Å². The monoisotopic (exact) mass is 326 g/mol. The third-order valence-electron chi connectivity index (χ3n) is 7.17. The summed E-state index contributed by atoms with van der Waals surface area (Å²) in [6, 6.07) is 8.57. The van der Waals surface area contributed by atoms with Crippen molar-refractivity contribution >= 4 is 0 Å². The van der Waals surface area contributed by atoms with Crippen LogP contribution in [0.25, 0.3) is 0 Å². The Hall–Kier alpha value is -1.24. The van der Waals surface area contributed by atoms with Crippen LogP contribution in [0, 0.1) is 22.7 Å². The summed E-state index contributed by atoms with van der Waals surface area (Å²) in [6.45, 7) is 12.1. The van der Waals surface area contributed by atoms with E-state index in [0.717, 1.165) is 18.1 Å². The minimum atomic E-state index is 0.440. The first-order chi connectivity index (χ1) is 11.4. The number of allylic oxidation sites excluding steroid dienone is 1. The number of fused-ring (bicyclic) bond motifs is 1. The fourth-order valence-electron chi connectivity index (χ4n) is 5.95. The van der Waals surface area contributed by atoms with Crippen LogP contribution in [-0.4, -0.2) is 7.11 Å². The molecule has 0 N–H and O–H groups in total. The molecule has 0 spiro atoms. The number of benzene rings is 1. The molecule has 0 saturated heterocycles. The molecule has 0 amide bonds. The van der Waals surface area contributed by atoms with Crippen molar-refractivity contribution in [3.05, 3.63) is 42.0 Å². The predicted octanol–water partition coefficient (Wildman–Crippen LogP) is 6.43. The van der Waals surface area contributed by atoms with Crippen LogP contribution in [0.3, 0.4) is 0 Å². The Balaban J connectivity index is 1.78. The van der Waals surface area contributed by atoms with Gasteiger partial charge in [0.05, 0.1) is 7.11 Å². The molecule has 3 atom stereocenters. The molecule has 0 bridgehead atoms. The summed E-state index contributed by atoms with van der Waals surface area (Å²) in [7, 11) is 1.75. The highest BCUT2D eigenvalue weighted by atomic mass is 16.5. The van der Waals surface area contributed by atoms with Gasteiger partial charge >= 0.3 is 0 Å². The Morgan fingerprint density at radius 3 is 2.75 bits per heavy atom. The van der Waals surface area contributed by atoms with Crippen molar-refractivity contribution in [1.82, 2.24) is 0 Å². The molecule has 2 fully saturated rings. The second-order valence-corrected chi connectivity index (χ2v) is 9.04. The summed E-state index contributed by atoms with van der Waals surface area (Å²) in [5, 5.41) is 0. The van der Waals surface area contributed by atoms with E-state index in [0.29, 0.717) is 16.7 Å². The number of ether oxygens (including phenoxy) is 1. The molecule has 0 radical (unpaired) electrons. The second kappa shape index (κ2) is 6.58. The summed E-state index contributed by atoms with van der Waals surface area (Å²) in [5.41, 5.74) is 3.83. The lowest BCUT2D eigenvalue weighted by Gasteiger charge is -2.58. The predicted molar refractivity (Wildman–Crippen MR) is 102 cm³/mol. The lowest BCUT2D eigenvalue weighted by molar-refractivity contribution is -0.0539. The summed E-state index contributed by atoms with van der Waals surface area (Å²) in [6.07, 6.45) is 9.08. The molecule has 0 aliphatic heterocycles. The van der Waals surface area contributed by atoms with Crippen molar-refractivity contribution in [3.63, 3.8) is 0 Å². The summed E-state index contributed by atoms with van der Waals surface area (Å²) in [4.78, 5) is 0. The molecule has 0 heterocycles. The van der Waals surface area contributed by atoms with E-state index < -0.39 is 0 Å². The van der Waals surface area contributed by atoms with Crippen molar-refractivity contribution in [3.8, 4) is 5.75 Å². The molecular weight excluding hydrogens is 292 g/mol. The van der Waals surface area contributed by atoms with E-state index in [4.69, 9.17) is 4.74 Å². The van der Waals surface area contributed by atoms with Gasteiger partial charge in [-0.05, 0) is 78.9 Å². The highest BCUT2D eigenvalue weighted by Crippen LogP contribution is 2.61. The zero-order chi connectivity index (χ0) is 17.4. The first-order valence-electron chi connectivity index (χ1n) is 9.67. The quantitative estimate of drug-likeness (QED) is 0.579. The van der Waals surface area contributed by atoms with Crippen LogP contribution in [0.5, 0.6) is 5.75 Å². The molecule has 1 heteroatoms. The third kappa shape index (κ3) is 3.15. The van der Waals surface area contributed by atoms with E-state index in [1.165, 1.54) is 49.7 Å². The average molecular weight is 327 g/mol. The van der Waals surface area contributed by atoms with Gasteiger partial charge in [-0.3, -0.25) is 0 Å². The van der Waals surface area contributed by atoms with Gasteiger partial charge in [0.15, 0.2) is 0 Å². The van der Waals surface area contributed by atoms with E-state index in [-0.39, 0.29) is 0 Å². The number of hydrogen-bond donors (Lipinski definition) is 0. The minimum Gasteiger partial charge on any atom is -0.497 e. The van der Waals surface area contributed by atoms with Crippen LogP contribution in [0.4, 0.5) is 0 Å². The van der Waals surface area contributed by atoms with Crippen molar-refractivity contribution < 1.29 is 4.74 Å². The van der Waals surface area contributed by atoms with Crippen LogP contribution in [0.1, 0.15) is 64.9 Å². The first-order valence-corrected chi connectivity index (χ1v) is 9.67. The van der Waals surface area contributed by atoms with Crippen molar-refractivity contribution in [2.75, 3.05) is 7.11 Å². The van der Waals surface area contributed by atoms with Gasteiger partial charge in [0, 0.05) is 0 Å². The van der Waals surface area contributed by atoms with Crippen molar-refractivity contribution in [2.45, 2.75) is 65.7 Å². The van der Waals surface area contributed by atoms with E-state index in [2.05, 4.69) is 45.5 Å². The summed E-state index contributed by atoms with van der Waals surface area (Å²) < 4.78 is 5.38. The zero-order valence-electron chi connectivity index (χ0n) is 16.0. The molecule has 132 valence electrons. The van der Waals surface area contributed by atoms with Crippen molar-refractivity contribution in [2.24, 2.45) is 22.7 Å². The highest BCUT2D eigenvalue weighted by Gasteiger charge is 2.52. The molecule has 2 saturated carbocycles. The van der Waals surface area contributed by atoms with Gasteiger partial charge in [-0.25, -0.2) is 0 Å². The zero-order valence-corrected chi connectivity index (χ0v) is 16.0. The van der Waals surface area contributed by atoms with Crippen LogP contribution < -0.4 is 4.74 Å². The largest absolute Gasteiger partial charge is 0.497 e. The lowest BCUT2D eigenvalue weighted by Crippen LogP contribution is -2.49. The topological polar surface area (TPSA) is 9.23 Å². The number of hydrogen-bond acceptors (Lipinski definition) is 1. The fraction of sp³-hybridized carbons (Fsp3) is 0.652. The number of rotatable bonds is 4. The summed E-state index contributed by atoms with van der Waals surface area (Å²) in [5.74, 6) is 2.49. The normalized spacial score (nSPS) is 32.2. The second-order valence-electron chi connectivity index (χ2n) is 9.04. The van der Waals surface area contributed by atoms with Crippen molar-refractivity contribution in [1.29, 1.82) is 0 Å². The van der Waals surface area contributed by atoms with Gasteiger partial charge in [-0.15, -0.1) is 0 Å². The Morgan fingerprint density at radius 1 is 1.21 bits per heavy atom. The van der Waals surface area contributed by atoms with Gasteiger partial charge < -0.3 is 4.74 Å².